The van der Waals surface area contributed by atoms with Gasteiger partial charge < -0.3 is 10.1 Å². The van der Waals surface area contributed by atoms with Crippen LogP contribution in [-0.4, -0.2) is 28.4 Å². The number of hydrogen-bond donors (Lipinski definition) is 1. The Morgan fingerprint density at radius 1 is 1.12 bits per heavy atom. The average molecular weight is 400 g/mol. The van der Waals surface area contributed by atoms with Crippen molar-refractivity contribution in [1.82, 2.24) is 0 Å². The van der Waals surface area contributed by atoms with Crippen molar-refractivity contribution in [2.75, 3.05) is 11.6 Å². The summed E-state index contributed by atoms with van der Waals surface area (Å²) in [6.45, 7) is 1.44. The first-order valence-corrected chi connectivity index (χ1v) is 9.49. The van der Waals surface area contributed by atoms with E-state index in [9.17, 15) is 13.8 Å². The largest absolute Gasteiger partial charge is 0.449 e. The maximum absolute atomic E-state index is 12.3. The van der Waals surface area contributed by atoms with E-state index in [0.717, 1.165) is 0 Å². The first-order chi connectivity index (χ1) is 11.8. The molecule has 0 aliphatic rings. The van der Waals surface area contributed by atoms with Gasteiger partial charge >= 0.3 is 5.97 Å². The van der Waals surface area contributed by atoms with Gasteiger partial charge in [-0.25, -0.2) is 4.79 Å². The fourth-order valence-electron chi connectivity index (χ4n) is 2.03. The van der Waals surface area contributed by atoms with Crippen molar-refractivity contribution in [2.24, 2.45) is 0 Å². The summed E-state index contributed by atoms with van der Waals surface area (Å²) < 4.78 is 16.9. The highest BCUT2D eigenvalue weighted by molar-refractivity contribution is 7.84. The summed E-state index contributed by atoms with van der Waals surface area (Å²) in [5.41, 5.74) is 0.550. The van der Waals surface area contributed by atoms with Crippen molar-refractivity contribution in [2.45, 2.75) is 17.9 Å². The van der Waals surface area contributed by atoms with Gasteiger partial charge in [-0.3, -0.25) is 9.00 Å². The molecule has 0 saturated carbocycles. The SMILES string of the molecule is C[C@H](OC(=O)c1ccccc1[S@](C)=O)C(=O)Nc1cc(Cl)cc(Cl)c1. The minimum Gasteiger partial charge on any atom is -0.449 e. The predicted molar refractivity (Wildman–Crippen MR) is 98.7 cm³/mol. The summed E-state index contributed by atoms with van der Waals surface area (Å²) in [7, 11) is -1.35. The van der Waals surface area contributed by atoms with E-state index in [1.165, 1.54) is 37.4 Å². The number of carbonyl (C=O) groups is 2. The van der Waals surface area contributed by atoms with Crippen LogP contribution in [0.25, 0.3) is 0 Å². The molecule has 0 bridgehead atoms. The predicted octanol–water partition coefficient (Wildman–Crippen LogP) is 3.91. The lowest BCUT2D eigenvalue weighted by Crippen LogP contribution is -2.30. The Bertz CT molecular complexity index is 821. The topological polar surface area (TPSA) is 72.5 Å². The molecule has 2 aromatic rings. The summed E-state index contributed by atoms with van der Waals surface area (Å²) >= 11 is 11.7. The third-order valence-electron chi connectivity index (χ3n) is 3.20. The summed E-state index contributed by atoms with van der Waals surface area (Å²) in [5, 5.41) is 3.31. The zero-order valence-corrected chi connectivity index (χ0v) is 15.7. The Morgan fingerprint density at radius 3 is 2.32 bits per heavy atom. The standard InChI is InChI=1S/C17H15Cl2NO4S/c1-10(16(21)20-13-8-11(18)7-12(19)9-13)24-17(22)14-5-3-4-6-15(14)25(2)23/h3-10H,1-2H3,(H,20,21)/t10-,25-/m0/s1. The van der Waals surface area contributed by atoms with Crippen LogP contribution in [0.15, 0.2) is 47.4 Å². The number of carbonyl (C=O) groups excluding carboxylic acids is 2. The molecule has 132 valence electrons. The van der Waals surface area contributed by atoms with E-state index < -0.39 is 28.8 Å². The van der Waals surface area contributed by atoms with Crippen LogP contribution in [0.3, 0.4) is 0 Å². The Hall–Kier alpha value is -1.89. The minimum absolute atomic E-state index is 0.161. The lowest BCUT2D eigenvalue weighted by molar-refractivity contribution is -0.123. The maximum atomic E-state index is 12.3. The summed E-state index contributed by atoms with van der Waals surface area (Å²) in [6.07, 6.45) is 0.397. The number of hydrogen-bond acceptors (Lipinski definition) is 4. The van der Waals surface area contributed by atoms with Crippen LogP contribution in [0.2, 0.25) is 10.0 Å². The van der Waals surface area contributed by atoms with Gasteiger partial charge in [0.25, 0.3) is 5.91 Å². The van der Waals surface area contributed by atoms with Gasteiger partial charge in [0, 0.05) is 22.0 Å². The molecule has 0 unspecified atom stereocenters. The summed E-state index contributed by atoms with van der Waals surface area (Å²) in [5.74, 6) is -1.26. The van der Waals surface area contributed by atoms with Crippen LogP contribution in [0.5, 0.6) is 0 Å². The molecule has 5 nitrogen and oxygen atoms in total. The van der Waals surface area contributed by atoms with Gasteiger partial charge in [-0.2, -0.15) is 0 Å². The lowest BCUT2D eigenvalue weighted by atomic mass is 10.2. The van der Waals surface area contributed by atoms with Crippen LogP contribution < -0.4 is 5.32 Å². The first kappa shape index (κ1) is 19.4. The Kier molecular flexibility index (Phi) is 6.58. The van der Waals surface area contributed by atoms with Crippen LogP contribution in [0.1, 0.15) is 17.3 Å². The van der Waals surface area contributed by atoms with Crippen LogP contribution in [-0.2, 0) is 20.3 Å². The van der Waals surface area contributed by atoms with E-state index in [1.54, 1.807) is 18.2 Å². The van der Waals surface area contributed by atoms with E-state index in [0.29, 0.717) is 20.6 Å². The Morgan fingerprint density at radius 2 is 1.72 bits per heavy atom. The monoisotopic (exact) mass is 399 g/mol. The molecule has 2 aromatic carbocycles. The molecule has 0 aliphatic heterocycles. The molecule has 0 fully saturated rings. The van der Waals surface area contributed by atoms with Gasteiger partial charge in [-0.15, -0.1) is 0 Å². The fourth-order valence-corrected chi connectivity index (χ4v) is 3.29. The van der Waals surface area contributed by atoms with Gasteiger partial charge in [-0.05, 0) is 37.3 Å². The van der Waals surface area contributed by atoms with Crippen molar-refractivity contribution < 1.29 is 18.5 Å². The molecule has 0 spiro atoms. The van der Waals surface area contributed by atoms with E-state index in [2.05, 4.69) is 5.32 Å². The Balaban J connectivity index is 2.08. The number of rotatable bonds is 5. The highest BCUT2D eigenvalue weighted by Crippen LogP contribution is 2.23. The quantitative estimate of drug-likeness (QED) is 0.773. The summed E-state index contributed by atoms with van der Waals surface area (Å²) in [4.78, 5) is 24.8. The molecule has 2 rings (SSSR count). The number of amides is 1. The molecule has 25 heavy (non-hydrogen) atoms. The third-order valence-corrected chi connectivity index (χ3v) is 4.61. The van der Waals surface area contributed by atoms with Gasteiger partial charge in [0.15, 0.2) is 6.10 Å². The van der Waals surface area contributed by atoms with Gasteiger partial charge in [-0.1, -0.05) is 35.3 Å². The molecule has 0 aliphatic carbocycles. The molecule has 8 heteroatoms. The molecule has 0 aromatic heterocycles. The lowest BCUT2D eigenvalue weighted by Gasteiger charge is -2.15. The fraction of sp³-hybridized carbons (Fsp3) is 0.176. The maximum Gasteiger partial charge on any atom is 0.340 e. The van der Waals surface area contributed by atoms with Crippen molar-refractivity contribution >= 4 is 51.6 Å². The van der Waals surface area contributed by atoms with E-state index in [4.69, 9.17) is 27.9 Å². The van der Waals surface area contributed by atoms with E-state index >= 15 is 0 Å². The smallest absolute Gasteiger partial charge is 0.340 e. The zero-order chi connectivity index (χ0) is 18.6. The molecular formula is C17H15Cl2NO4S. The minimum atomic E-state index is -1.35. The van der Waals surface area contributed by atoms with Crippen LogP contribution in [0, 0.1) is 0 Å². The molecule has 2 atom stereocenters. The first-order valence-electron chi connectivity index (χ1n) is 7.18. The third kappa shape index (κ3) is 5.29. The average Bonchev–Trinajstić information content (AvgIpc) is 2.53. The number of halogens is 2. The second-order valence-electron chi connectivity index (χ2n) is 5.15. The van der Waals surface area contributed by atoms with Gasteiger partial charge in [0.05, 0.1) is 21.3 Å². The summed E-state index contributed by atoms with van der Waals surface area (Å²) in [6, 6.07) is 11.0. The van der Waals surface area contributed by atoms with Crippen LogP contribution >= 0.6 is 23.2 Å². The second-order valence-corrected chi connectivity index (χ2v) is 7.37. The Labute approximate surface area is 157 Å². The molecule has 0 heterocycles. The molecule has 1 amide bonds. The normalized spacial score (nSPS) is 13.0. The highest BCUT2D eigenvalue weighted by Gasteiger charge is 2.22. The van der Waals surface area contributed by atoms with Crippen molar-refractivity contribution in [3.63, 3.8) is 0 Å². The number of nitrogens with one attached hydrogen (secondary N) is 1. The molecule has 0 saturated heterocycles. The molecular weight excluding hydrogens is 385 g/mol. The number of esters is 1. The van der Waals surface area contributed by atoms with Crippen molar-refractivity contribution in [3.05, 3.63) is 58.1 Å². The highest BCUT2D eigenvalue weighted by atomic mass is 35.5. The van der Waals surface area contributed by atoms with Crippen LogP contribution in [0.4, 0.5) is 5.69 Å². The van der Waals surface area contributed by atoms with Crippen molar-refractivity contribution in [1.29, 1.82) is 0 Å². The zero-order valence-electron chi connectivity index (χ0n) is 13.4. The number of ether oxygens (including phenoxy) is 1. The van der Waals surface area contributed by atoms with Crippen molar-refractivity contribution in [3.8, 4) is 0 Å². The molecule has 1 N–H and O–H groups in total. The van der Waals surface area contributed by atoms with E-state index in [1.807, 2.05) is 0 Å². The number of anilines is 1. The number of benzene rings is 2. The van der Waals surface area contributed by atoms with Gasteiger partial charge in [0.2, 0.25) is 0 Å². The second kappa shape index (κ2) is 8.47. The van der Waals surface area contributed by atoms with E-state index in [-0.39, 0.29) is 5.56 Å². The van der Waals surface area contributed by atoms with Gasteiger partial charge in [0.1, 0.15) is 0 Å². The molecule has 0 radical (unpaired) electrons.